The highest BCUT2D eigenvalue weighted by Gasteiger charge is 2.16. The van der Waals surface area contributed by atoms with E-state index in [4.69, 9.17) is 9.52 Å². The maximum atomic E-state index is 11.6. The molecule has 1 N–H and O–H groups in total. The van der Waals surface area contributed by atoms with Crippen LogP contribution in [0.15, 0.2) is 16.7 Å². The number of hydrogen-bond acceptors (Lipinski definition) is 3. The summed E-state index contributed by atoms with van der Waals surface area (Å²) in [5.41, 5.74) is 0.501. The van der Waals surface area contributed by atoms with Gasteiger partial charge in [0.15, 0.2) is 0 Å². The van der Waals surface area contributed by atoms with Crippen LogP contribution in [0.4, 0.5) is 0 Å². The fraction of sp³-hybridized carbons (Fsp3) is 0.500. The van der Waals surface area contributed by atoms with Crippen molar-refractivity contribution in [2.75, 3.05) is 5.75 Å². The van der Waals surface area contributed by atoms with E-state index in [0.29, 0.717) is 17.2 Å². The summed E-state index contributed by atoms with van der Waals surface area (Å²) in [5.74, 6) is -0.0599. The lowest BCUT2D eigenvalue weighted by Gasteiger charge is -2.03. The molecular formula is C10H14O4S. The molecule has 1 rings (SSSR count). The van der Waals surface area contributed by atoms with E-state index in [1.54, 1.807) is 6.07 Å². The molecule has 0 spiro atoms. The molecular weight excluding hydrogens is 216 g/mol. The Kier molecular flexibility index (Phi) is 4.08. The second kappa shape index (κ2) is 5.11. The predicted molar refractivity (Wildman–Crippen MR) is 57.2 cm³/mol. The minimum absolute atomic E-state index is 0.105. The van der Waals surface area contributed by atoms with Gasteiger partial charge in [-0.2, -0.15) is 0 Å². The maximum absolute atomic E-state index is 11.6. The van der Waals surface area contributed by atoms with Gasteiger partial charge in [0.1, 0.15) is 0 Å². The molecule has 84 valence electrons. The minimum atomic E-state index is -1.11. The Morgan fingerprint density at radius 3 is 2.80 bits per heavy atom. The summed E-state index contributed by atoms with van der Waals surface area (Å²) < 4.78 is 16.4. The number of aromatic carboxylic acids is 1. The molecule has 15 heavy (non-hydrogen) atoms. The van der Waals surface area contributed by atoms with Crippen molar-refractivity contribution in [3.63, 3.8) is 0 Å². The van der Waals surface area contributed by atoms with Crippen molar-refractivity contribution < 1.29 is 18.5 Å². The van der Waals surface area contributed by atoms with Crippen molar-refractivity contribution in [2.24, 2.45) is 5.92 Å². The van der Waals surface area contributed by atoms with E-state index in [2.05, 4.69) is 0 Å². The lowest BCUT2D eigenvalue weighted by Crippen LogP contribution is -2.08. The van der Waals surface area contributed by atoms with Crippen LogP contribution in [0.25, 0.3) is 0 Å². The van der Waals surface area contributed by atoms with Gasteiger partial charge in [-0.05, 0) is 12.0 Å². The third kappa shape index (κ3) is 3.51. The molecule has 0 saturated carbocycles. The number of carbonyl (C=O) groups is 1. The van der Waals surface area contributed by atoms with Gasteiger partial charge in [-0.15, -0.1) is 0 Å². The van der Waals surface area contributed by atoms with Gasteiger partial charge in [-0.25, -0.2) is 4.79 Å². The molecule has 0 radical (unpaired) electrons. The Balaban J connectivity index is 2.68. The fourth-order valence-corrected chi connectivity index (χ4v) is 2.68. The van der Waals surface area contributed by atoms with Crippen LogP contribution in [-0.2, 0) is 16.6 Å². The smallest absolute Gasteiger partial charge is 0.372 e. The van der Waals surface area contributed by atoms with Crippen molar-refractivity contribution in [2.45, 2.75) is 19.6 Å². The van der Waals surface area contributed by atoms with Gasteiger partial charge in [0.2, 0.25) is 5.76 Å². The topological polar surface area (TPSA) is 67.5 Å². The van der Waals surface area contributed by atoms with E-state index in [0.717, 1.165) is 0 Å². The first-order chi connectivity index (χ1) is 7.00. The zero-order chi connectivity index (χ0) is 11.4. The SMILES string of the molecule is CC(C)CS(=O)Cc1ccoc1C(=O)O. The molecule has 0 amide bonds. The molecule has 0 bridgehead atoms. The zero-order valence-electron chi connectivity index (χ0n) is 8.73. The summed E-state index contributed by atoms with van der Waals surface area (Å²) in [6.07, 6.45) is 1.31. The van der Waals surface area contributed by atoms with Crippen LogP contribution < -0.4 is 0 Å². The van der Waals surface area contributed by atoms with Gasteiger partial charge in [-0.1, -0.05) is 13.8 Å². The normalized spacial score (nSPS) is 13.0. The Morgan fingerprint density at radius 2 is 2.27 bits per heavy atom. The maximum Gasteiger partial charge on any atom is 0.372 e. The van der Waals surface area contributed by atoms with Crippen LogP contribution in [0.3, 0.4) is 0 Å². The van der Waals surface area contributed by atoms with Crippen molar-refractivity contribution in [3.8, 4) is 0 Å². The number of rotatable bonds is 5. The molecule has 1 unspecified atom stereocenters. The summed E-state index contributed by atoms with van der Waals surface area (Å²) in [6, 6.07) is 1.56. The molecule has 0 aromatic carbocycles. The molecule has 1 aromatic heterocycles. The molecule has 1 atom stereocenters. The third-order valence-electron chi connectivity index (χ3n) is 1.78. The van der Waals surface area contributed by atoms with Gasteiger partial charge >= 0.3 is 5.97 Å². The monoisotopic (exact) mass is 230 g/mol. The number of carboxylic acid groups (broad SMARTS) is 1. The molecule has 1 aromatic rings. The van der Waals surface area contributed by atoms with Crippen molar-refractivity contribution in [1.82, 2.24) is 0 Å². The van der Waals surface area contributed by atoms with Crippen molar-refractivity contribution in [3.05, 3.63) is 23.7 Å². The Morgan fingerprint density at radius 1 is 1.60 bits per heavy atom. The van der Waals surface area contributed by atoms with Crippen LogP contribution in [-0.4, -0.2) is 21.0 Å². The van der Waals surface area contributed by atoms with Crippen LogP contribution in [0.1, 0.15) is 30.0 Å². The highest BCUT2D eigenvalue weighted by molar-refractivity contribution is 7.84. The van der Waals surface area contributed by atoms with E-state index in [-0.39, 0.29) is 11.5 Å². The molecule has 0 saturated heterocycles. The summed E-state index contributed by atoms with van der Waals surface area (Å²) in [7, 11) is -1.03. The molecule has 0 aliphatic rings. The average Bonchev–Trinajstić information content (AvgIpc) is 2.50. The standard InChI is InChI=1S/C10H14O4S/c1-7(2)5-15(13)6-8-3-4-14-9(8)10(11)12/h3-4,7H,5-6H2,1-2H3,(H,11,12). The van der Waals surface area contributed by atoms with E-state index in [1.807, 2.05) is 13.8 Å². The first-order valence-corrected chi connectivity index (χ1v) is 6.14. The Hall–Kier alpha value is -1.10. The highest BCUT2D eigenvalue weighted by Crippen LogP contribution is 2.13. The van der Waals surface area contributed by atoms with Gasteiger partial charge in [0.25, 0.3) is 0 Å². The molecule has 0 fully saturated rings. The van der Waals surface area contributed by atoms with Gasteiger partial charge in [0.05, 0.1) is 12.0 Å². The second-order valence-corrected chi connectivity index (χ2v) is 5.23. The zero-order valence-corrected chi connectivity index (χ0v) is 9.54. The van der Waals surface area contributed by atoms with Crippen molar-refractivity contribution >= 4 is 16.8 Å². The molecule has 0 aliphatic carbocycles. The fourth-order valence-electron chi connectivity index (χ4n) is 1.24. The molecule has 1 heterocycles. The summed E-state index contributed by atoms with van der Waals surface area (Å²) in [5, 5.41) is 8.76. The first-order valence-electron chi connectivity index (χ1n) is 4.65. The number of carboxylic acids is 1. The Labute approximate surface area is 90.7 Å². The summed E-state index contributed by atoms with van der Waals surface area (Å²) in [4.78, 5) is 10.7. The van der Waals surface area contributed by atoms with Crippen LogP contribution in [0.5, 0.6) is 0 Å². The molecule has 0 aliphatic heterocycles. The van der Waals surface area contributed by atoms with Crippen LogP contribution in [0, 0.1) is 5.92 Å². The van der Waals surface area contributed by atoms with Gasteiger partial charge in [0, 0.05) is 22.1 Å². The lowest BCUT2D eigenvalue weighted by molar-refractivity contribution is 0.0661. The lowest BCUT2D eigenvalue weighted by atomic mass is 10.3. The number of furan rings is 1. The molecule has 4 nitrogen and oxygen atoms in total. The van der Waals surface area contributed by atoms with Gasteiger partial charge < -0.3 is 9.52 Å². The largest absolute Gasteiger partial charge is 0.475 e. The second-order valence-electron chi connectivity index (χ2n) is 3.72. The van der Waals surface area contributed by atoms with E-state index in [9.17, 15) is 9.00 Å². The minimum Gasteiger partial charge on any atom is -0.475 e. The summed E-state index contributed by atoms with van der Waals surface area (Å²) in [6.45, 7) is 3.96. The summed E-state index contributed by atoms with van der Waals surface area (Å²) >= 11 is 0. The van der Waals surface area contributed by atoms with Crippen LogP contribution in [0.2, 0.25) is 0 Å². The first kappa shape index (κ1) is 12.0. The number of hydrogen-bond donors (Lipinski definition) is 1. The van der Waals surface area contributed by atoms with Crippen molar-refractivity contribution in [1.29, 1.82) is 0 Å². The van der Waals surface area contributed by atoms with Gasteiger partial charge in [-0.3, -0.25) is 4.21 Å². The predicted octanol–water partition coefficient (Wildman–Crippen LogP) is 1.88. The third-order valence-corrected chi connectivity index (χ3v) is 3.45. The average molecular weight is 230 g/mol. The van der Waals surface area contributed by atoms with Crippen LogP contribution >= 0.6 is 0 Å². The Bertz CT molecular complexity index is 367. The van der Waals surface area contributed by atoms with E-state index < -0.39 is 16.8 Å². The molecule has 5 heteroatoms. The van der Waals surface area contributed by atoms with E-state index >= 15 is 0 Å². The van der Waals surface area contributed by atoms with E-state index in [1.165, 1.54) is 6.26 Å². The quantitative estimate of drug-likeness (QED) is 0.838. The highest BCUT2D eigenvalue weighted by atomic mass is 32.2.